The largest absolute Gasteiger partial charge is 0.326 e. The first-order valence-electron chi connectivity index (χ1n) is 9.25. The smallest absolute Gasteiger partial charge is 0.238 e. The van der Waals surface area contributed by atoms with Crippen molar-refractivity contribution in [3.63, 3.8) is 0 Å². The monoisotopic (exact) mass is 367 g/mol. The van der Waals surface area contributed by atoms with Crippen LogP contribution in [-0.4, -0.2) is 30.3 Å². The Morgan fingerprint density at radius 3 is 1.93 bits per heavy atom. The van der Waals surface area contributed by atoms with Crippen LogP contribution in [0.1, 0.15) is 31.4 Å². The molecular weight excluding hydrogens is 338 g/mol. The highest BCUT2D eigenvalue weighted by Crippen LogP contribution is 2.15. The molecule has 0 saturated heterocycles. The van der Waals surface area contributed by atoms with E-state index in [2.05, 4.69) is 41.8 Å². The molecule has 0 spiro atoms. The lowest BCUT2D eigenvalue weighted by Gasteiger charge is -2.16. The third kappa shape index (κ3) is 7.62. The van der Waals surface area contributed by atoms with Crippen molar-refractivity contribution in [3.05, 3.63) is 59.7 Å². The zero-order chi connectivity index (χ0) is 19.8. The number of carbonyl (C=O) groups is 2. The number of carbonyl (C=O) groups excluding carboxylic acids is 2. The van der Waals surface area contributed by atoms with Gasteiger partial charge in [0.15, 0.2) is 0 Å². The van der Waals surface area contributed by atoms with Crippen LogP contribution in [0.2, 0.25) is 0 Å². The van der Waals surface area contributed by atoms with Crippen LogP contribution in [-0.2, 0) is 16.1 Å². The number of amides is 2. The summed E-state index contributed by atoms with van der Waals surface area (Å²) in [4.78, 5) is 26.0. The van der Waals surface area contributed by atoms with Gasteiger partial charge < -0.3 is 10.6 Å². The molecule has 0 saturated carbocycles. The lowest BCUT2D eigenvalue weighted by molar-refractivity contribution is -0.117. The molecule has 0 radical (unpaired) electrons. The molecule has 0 aliphatic carbocycles. The van der Waals surface area contributed by atoms with Gasteiger partial charge in [0, 0.05) is 24.3 Å². The van der Waals surface area contributed by atoms with Crippen molar-refractivity contribution in [1.82, 2.24) is 4.90 Å². The normalized spacial score (nSPS) is 10.9. The Balaban J connectivity index is 1.81. The van der Waals surface area contributed by atoms with Crippen molar-refractivity contribution in [2.45, 2.75) is 33.7 Å². The van der Waals surface area contributed by atoms with Crippen LogP contribution >= 0.6 is 0 Å². The van der Waals surface area contributed by atoms with Gasteiger partial charge in [-0.1, -0.05) is 43.7 Å². The van der Waals surface area contributed by atoms with Crippen molar-refractivity contribution in [2.24, 2.45) is 5.92 Å². The molecule has 0 bridgehead atoms. The molecule has 144 valence electrons. The van der Waals surface area contributed by atoms with E-state index in [-0.39, 0.29) is 11.8 Å². The van der Waals surface area contributed by atoms with Crippen LogP contribution in [0.15, 0.2) is 48.5 Å². The minimum Gasteiger partial charge on any atom is -0.326 e. The standard InChI is InChI=1S/C22H29N3O2/c1-16(2)13-21(26)23-19-9-11-20(12-10-19)24-22(27)15-25(4)14-18-7-5-17(3)6-8-18/h5-12,16H,13-15H2,1-4H3,(H,23,26)(H,24,27). The number of aryl methyl sites for hydroxylation is 1. The van der Waals surface area contributed by atoms with Gasteiger partial charge in [0.05, 0.1) is 6.54 Å². The average Bonchev–Trinajstić information content (AvgIpc) is 2.58. The fourth-order valence-corrected chi connectivity index (χ4v) is 2.73. The summed E-state index contributed by atoms with van der Waals surface area (Å²) in [5.74, 6) is 0.251. The van der Waals surface area contributed by atoms with E-state index in [4.69, 9.17) is 0 Å². The molecule has 0 aromatic heterocycles. The van der Waals surface area contributed by atoms with Gasteiger partial charge in [0.2, 0.25) is 11.8 Å². The molecule has 27 heavy (non-hydrogen) atoms. The molecule has 0 aliphatic heterocycles. The van der Waals surface area contributed by atoms with Crippen LogP contribution in [0.3, 0.4) is 0 Å². The summed E-state index contributed by atoms with van der Waals surface area (Å²) in [7, 11) is 1.92. The molecule has 2 N–H and O–H groups in total. The molecule has 2 aromatic rings. The number of benzene rings is 2. The second-order valence-corrected chi connectivity index (χ2v) is 7.43. The fraction of sp³-hybridized carbons (Fsp3) is 0.364. The Kier molecular flexibility index (Phi) is 7.55. The average molecular weight is 367 g/mol. The van der Waals surface area contributed by atoms with E-state index in [1.54, 1.807) is 24.3 Å². The highest BCUT2D eigenvalue weighted by molar-refractivity contribution is 5.93. The predicted molar refractivity (Wildman–Crippen MR) is 111 cm³/mol. The molecular formula is C22H29N3O2. The molecule has 2 aromatic carbocycles. The maximum absolute atomic E-state index is 12.2. The van der Waals surface area contributed by atoms with Crippen LogP contribution in [0.5, 0.6) is 0 Å². The van der Waals surface area contributed by atoms with Crippen molar-refractivity contribution in [2.75, 3.05) is 24.2 Å². The Bertz CT molecular complexity index is 752. The Hall–Kier alpha value is -2.66. The fourth-order valence-electron chi connectivity index (χ4n) is 2.73. The van der Waals surface area contributed by atoms with Crippen molar-refractivity contribution in [3.8, 4) is 0 Å². The van der Waals surface area contributed by atoms with Crippen LogP contribution in [0, 0.1) is 12.8 Å². The van der Waals surface area contributed by atoms with E-state index in [0.717, 1.165) is 5.69 Å². The minimum atomic E-state index is -0.0683. The Morgan fingerprint density at radius 2 is 1.41 bits per heavy atom. The van der Waals surface area contributed by atoms with E-state index >= 15 is 0 Å². The van der Waals surface area contributed by atoms with Gasteiger partial charge in [-0.2, -0.15) is 0 Å². The molecule has 0 aliphatic rings. The zero-order valence-electron chi connectivity index (χ0n) is 16.6. The SMILES string of the molecule is Cc1ccc(CN(C)CC(=O)Nc2ccc(NC(=O)CC(C)C)cc2)cc1. The summed E-state index contributed by atoms with van der Waals surface area (Å²) in [6.07, 6.45) is 0.492. The Morgan fingerprint density at radius 1 is 0.889 bits per heavy atom. The van der Waals surface area contributed by atoms with Gasteiger partial charge in [-0.3, -0.25) is 14.5 Å². The zero-order valence-corrected chi connectivity index (χ0v) is 16.6. The second-order valence-electron chi connectivity index (χ2n) is 7.43. The number of hydrogen-bond acceptors (Lipinski definition) is 3. The minimum absolute atomic E-state index is 0.000448. The Labute approximate surface area is 161 Å². The first-order chi connectivity index (χ1) is 12.8. The van der Waals surface area contributed by atoms with E-state index in [9.17, 15) is 9.59 Å². The van der Waals surface area contributed by atoms with Gasteiger partial charge in [-0.25, -0.2) is 0 Å². The lowest BCUT2D eigenvalue weighted by Crippen LogP contribution is -2.29. The summed E-state index contributed by atoms with van der Waals surface area (Å²) in [5, 5.41) is 5.74. The van der Waals surface area contributed by atoms with E-state index in [1.165, 1.54) is 11.1 Å². The molecule has 5 heteroatoms. The predicted octanol–water partition coefficient (Wildman–Crippen LogP) is 4.05. The lowest BCUT2D eigenvalue weighted by atomic mass is 10.1. The molecule has 0 heterocycles. The maximum atomic E-state index is 12.2. The number of rotatable bonds is 8. The number of nitrogens with one attached hydrogen (secondary N) is 2. The third-order valence-corrected chi connectivity index (χ3v) is 4.03. The quantitative estimate of drug-likeness (QED) is 0.740. The van der Waals surface area contributed by atoms with Gasteiger partial charge in [-0.05, 0) is 49.7 Å². The summed E-state index contributed by atoms with van der Waals surface area (Å²) in [5.41, 5.74) is 3.85. The molecule has 0 fully saturated rings. The van der Waals surface area contributed by atoms with Crippen molar-refractivity contribution in [1.29, 1.82) is 0 Å². The highest BCUT2D eigenvalue weighted by atomic mass is 16.2. The first-order valence-corrected chi connectivity index (χ1v) is 9.25. The maximum Gasteiger partial charge on any atom is 0.238 e. The third-order valence-electron chi connectivity index (χ3n) is 4.03. The number of hydrogen-bond donors (Lipinski definition) is 2. The molecule has 2 amide bonds. The van der Waals surface area contributed by atoms with Crippen LogP contribution < -0.4 is 10.6 Å². The summed E-state index contributed by atoms with van der Waals surface area (Å²) in [6, 6.07) is 15.5. The topological polar surface area (TPSA) is 61.4 Å². The highest BCUT2D eigenvalue weighted by Gasteiger charge is 2.09. The number of anilines is 2. The molecule has 0 atom stereocenters. The molecule has 2 rings (SSSR count). The van der Waals surface area contributed by atoms with Gasteiger partial charge in [0.25, 0.3) is 0 Å². The van der Waals surface area contributed by atoms with Crippen LogP contribution in [0.25, 0.3) is 0 Å². The number of nitrogens with zero attached hydrogens (tertiary/aromatic N) is 1. The van der Waals surface area contributed by atoms with Gasteiger partial charge >= 0.3 is 0 Å². The summed E-state index contributed by atoms with van der Waals surface area (Å²) in [6.45, 7) is 7.10. The number of likely N-dealkylation sites (N-methyl/N-ethyl adjacent to an activating group) is 1. The second kappa shape index (κ2) is 9.88. The van der Waals surface area contributed by atoms with Gasteiger partial charge in [0.1, 0.15) is 0 Å². The molecule has 0 unspecified atom stereocenters. The molecule has 5 nitrogen and oxygen atoms in total. The van der Waals surface area contributed by atoms with E-state index < -0.39 is 0 Å². The van der Waals surface area contributed by atoms with Gasteiger partial charge in [-0.15, -0.1) is 0 Å². The van der Waals surface area contributed by atoms with Crippen LogP contribution in [0.4, 0.5) is 11.4 Å². The summed E-state index contributed by atoms with van der Waals surface area (Å²) >= 11 is 0. The van der Waals surface area contributed by atoms with Crippen molar-refractivity contribution >= 4 is 23.2 Å². The van der Waals surface area contributed by atoms with Crippen molar-refractivity contribution < 1.29 is 9.59 Å². The van der Waals surface area contributed by atoms with E-state index in [1.807, 2.05) is 25.8 Å². The first kappa shape index (κ1) is 20.6. The summed E-state index contributed by atoms with van der Waals surface area (Å²) < 4.78 is 0. The van der Waals surface area contributed by atoms with E-state index in [0.29, 0.717) is 31.1 Å².